The van der Waals surface area contributed by atoms with Crippen LogP contribution in [-0.4, -0.2) is 11.6 Å². The molecule has 14 heavy (non-hydrogen) atoms. The predicted octanol–water partition coefficient (Wildman–Crippen LogP) is 3.07. The molecule has 2 nitrogen and oxygen atoms in total. The van der Waals surface area contributed by atoms with Gasteiger partial charge in [-0.2, -0.15) is 0 Å². The van der Waals surface area contributed by atoms with Crippen LogP contribution in [0.25, 0.3) is 0 Å². The van der Waals surface area contributed by atoms with Crippen molar-refractivity contribution in [3.8, 4) is 0 Å². The molecular formula is C12H20O2. The standard InChI is InChI=1S/C12H20O2/c1-5-10(13)14-12(4)9-7-6-8-11(12,2)3/h5H,1,6-9H2,2-4H3. The molecule has 1 saturated carbocycles. The lowest BCUT2D eigenvalue weighted by Crippen LogP contribution is -2.47. The minimum atomic E-state index is -0.323. The quantitative estimate of drug-likeness (QED) is 0.501. The Balaban J connectivity index is 2.78. The smallest absolute Gasteiger partial charge is 0.330 e. The summed E-state index contributed by atoms with van der Waals surface area (Å²) in [7, 11) is 0. The van der Waals surface area contributed by atoms with Crippen molar-refractivity contribution in [2.24, 2.45) is 5.41 Å². The molecule has 0 aromatic carbocycles. The molecule has 1 fully saturated rings. The summed E-state index contributed by atoms with van der Waals surface area (Å²) >= 11 is 0. The van der Waals surface area contributed by atoms with Gasteiger partial charge in [0, 0.05) is 11.5 Å². The van der Waals surface area contributed by atoms with Gasteiger partial charge >= 0.3 is 5.97 Å². The lowest BCUT2D eigenvalue weighted by atomic mass is 9.66. The van der Waals surface area contributed by atoms with Gasteiger partial charge in [0.25, 0.3) is 0 Å². The Labute approximate surface area is 86.3 Å². The van der Waals surface area contributed by atoms with Crippen molar-refractivity contribution in [2.45, 2.75) is 52.1 Å². The molecule has 0 radical (unpaired) electrons. The number of rotatable bonds is 2. The van der Waals surface area contributed by atoms with E-state index in [9.17, 15) is 4.79 Å². The van der Waals surface area contributed by atoms with Crippen molar-refractivity contribution < 1.29 is 9.53 Å². The Bertz CT molecular complexity index is 243. The van der Waals surface area contributed by atoms with Crippen LogP contribution in [0, 0.1) is 5.41 Å². The molecule has 0 heterocycles. The first-order chi connectivity index (χ1) is 6.41. The summed E-state index contributed by atoms with van der Waals surface area (Å²) in [5, 5.41) is 0. The van der Waals surface area contributed by atoms with Crippen LogP contribution in [-0.2, 0) is 9.53 Å². The Morgan fingerprint density at radius 3 is 2.36 bits per heavy atom. The predicted molar refractivity (Wildman–Crippen MR) is 56.9 cm³/mol. The highest BCUT2D eigenvalue weighted by molar-refractivity contribution is 5.81. The van der Waals surface area contributed by atoms with E-state index >= 15 is 0 Å². The molecule has 0 aromatic rings. The van der Waals surface area contributed by atoms with Gasteiger partial charge in [-0.15, -0.1) is 0 Å². The highest BCUT2D eigenvalue weighted by Gasteiger charge is 2.45. The van der Waals surface area contributed by atoms with E-state index in [0.717, 1.165) is 19.3 Å². The second-order valence-corrected chi connectivity index (χ2v) is 4.95. The lowest BCUT2D eigenvalue weighted by Gasteiger charge is -2.46. The maximum Gasteiger partial charge on any atom is 0.330 e. The zero-order chi connectivity index (χ0) is 10.8. The maximum absolute atomic E-state index is 11.2. The second kappa shape index (κ2) is 3.76. The first-order valence-corrected chi connectivity index (χ1v) is 5.27. The molecule has 0 saturated heterocycles. The van der Waals surface area contributed by atoms with Gasteiger partial charge in [0.15, 0.2) is 0 Å². The largest absolute Gasteiger partial charge is 0.456 e. The normalized spacial score (nSPS) is 30.8. The van der Waals surface area contributed by atoms with Crippen LogP contribution in [0.1, 0.15) is 46.5 Å². The summed E-state index contributed by atoms with van der Waals surface area (Å²) in [5.74, 6) is -0.303. The Kier molecular flexibility index (Phi) is 3.03. The third kappa shape index (κ3) is 1.99. The van der Waals surface area contributed by atoms with Crippen LogP contribution in [0.2, 0.25) is 0 Å². The van der Waals surface area contributed by atoms with E-state index in [1.165, 1.54) is 12.5 Å². The minimum Gasteiger partial charge on any atom is -0.456 e. The maximum atomic E-state index is 11.2. The second-order valence-electron chi connectivity index (χ2n) is 4.95. The van der Waals surface area contributed by atoms with Crippen molar-refractivity contribution in [1.82, 2.24) is 0 Å². The number of ether oxygens (including phenoxy) is 1. The Morgan fingerprint density at radius 2 is 1.86 bits per heavy atom. The molecule has 0 aliphatic heterocycles. The van der Waals surface area contributed by atoms with Gasteiger partial charge in [-0.05, 0) is 26.2 Å². The van der Waals surface area contributed by atoms with Gasteiger partial charge in [0.2, 0.25) is 0 Å². The SMILES string of the molecule is C=CC(=O)OC1(C)CCCCC1(C)C. The van der Waals surface area contributed by atoms with Crippen LogP contribution in [0.4, 0.5) is 0 Å². The molecule has 1 atom stereocenters. The highest BCUT2D eigenvalue weighted by atomic mass is 16.6. The van der Waals surface area contributed by atoms with Gasteiger partial charge in [0.1, 0.15) is 5.60 Å². The van der Waals surface area contributed by atoms with Crippen LogP contribution in [0.15, 0.2) is 12.7 Å². The van der Waals surface area contributed by atoms with E-state index in [2.05, 4.69) is 20.4 Å². The Hall–Kier alpha value is -0.790. The van der Waals surface area contributed by atoms with Crippen molar-refractivity contribution in [1.29, 1.82) is 0 Å². The molecule has 1 aliphatic carbocycles. The zero-order valence-corrected chi connectivity index (χ0v) is 9.43. The third-order valence-electron chi connectivity index (χ3n) is 3.63. The molecule has 1 rings (SSSR count). The van der Waals surface area contributed by atoms with Crippen LogP contribution < -0.4 is 0 Å². The van der Waals surface area contributed by atoms with Crippen molar-refractivity contribution in [3.05, 3.63) is 12.7 Å². The molecule has 0 amide bonds. The summed E-state index contributed by atoms with van der Waals surface area (Å²) < 4.78 is 5.49. The van der Waals surface area contributed by atoms with Gasteiger partial charge < -0.3 is 4.74 Å². The number of hydrogen-bond donors (Lipinski definition) is 0. The first-order valence-electron chi connectivity index (χ1n) is 5.27. The van der Waals surface area contributed by atoms with Crippen LogP contribution in [0.5, 0.6) is 0 Å². The molecule has 0 spiro atoms. The first kappa shape index (κ1) is 11.3. The van der Waals surface area contributed by atoms with E-state index in [0.29, 0.717) is 0 Å². The summed E-state index contributed by atoms with van der Waals surface area (Å²) in [5.41, 5.74) is -0.250. The highest BCUT2D eigenvalue weighted by Crippen LogP contribution is 2.45. The fourth-order valence-electron chi connectivity index (χ4n) is 2.08. The topological polar surface area (TPSA) is 26.3 Å². The lowest BCUT2D eigenvalue weighted by molar-refractivity contribution is -0.171. The number of carbonyl (C=O) groups is 1. The fourth-order valence-corrected chi connectivity index (χ4v) is 2.08. The monoisotopic (exact) mass is 196 g/mol. The van der Waals surface area contributed by atoms with Crippen LogP contribution >= 0.6 is 0 Å². The van der Waals surface area contributed by atoms with Gasteiger partial charge in [-0.25, -0.2) is 4.79 Å². The summed E-state index contributed by atoms with van der Waals surface area (Å²) in [6.07, 6.45) is 5.70. The van der Waals surface area contributed by atoms with Crippen molar-refractivity contribution >= 4 is 5.97 Å². The molecule has 0 N–H and O–H groups in total. The van der Waals surface area contributed by atoms with Gasteiger partial charge in [-0.3, -0.25) is 0 Å². The zero-order valence-electron chi connectivity index (χ0n) is 9.43. The van der Waals surface area contributed by atoms with Gasteiger partial charge in [-0.1, -0.05) is 26.8 Å². The van der Waals surface area contributed by atoms with Crippen LogP contribution in [0.3, 0.4) is 0 Å². The summed E-state index contributed by atoms with van der Waals surface area (Å²) in [6.45, 7) is 9.80. The fraction of sp³-hybridized carbons (Fsp3) is 0.750. The molecule has 80 valence electrons. The molecule has 0 bridgehead atoms. The summed E-state index contributed by atoms with van der Waals surface area (Å²) in [6, 6.07) is 0. The van der Waals surface area contributed by atoms with Crippen molar-refractivity contribution in [3.63, 3.8) is 0 Å². The van der Waals surface area contributed by atoms with E-state index in [1.54, 1.807) is 0 Å². The van der Waals surface area contributed by atoms with Gasteiger partial charge in [0.05, 0.1) is 0 Å². The molecule has 0 aromatic heterocycles. The van der Waals surface area contributed by atoms with Crippen molar-refractivity contribution in [2.75, 3.05) is 0 Å². The molecular weight excluding hydrogens is 176 g/mol. The third-order valence-corrected chi connectivity index (χ3v) is 3.63. The van der Waals surface area contributed by atoms with E-state index < -0.39 is 0 Å². The summed E-state index contributed by atoms with van der Waals surface area (Å²) in [4.78, 5) is 11.2. The average molecular weight is 196 g/mol. The number of esters is 1. The number of carbonyl (C=O) groups excluding carboxylic acids is 1. The molecule has 1 aliphatic rings. The number of hydrogen-bond acceptors (Lipinski definition) is 2. The average Bonchev–Trinajstić information content (AvgIpc) is 2.10. The van der Waals surface area contributed by atoms with E-state index in [1.807, 2.05) is 6.92 Å². The molecule has 2 heteroatoms. The molecule has 1 unspecified atom stereocenters. The van der Waals surface area contributed by atoms with E-state index in [4.69, 9.17) is 4.74 Å². The minimum absolute atomic E-state index is 0.0733. The van der Waals surface area contributed by atoms with E-state index in [-0.39, 0.29) is 17.0 Å². The Morgan fingerprint density at radius 1 is 1.29 bits per heavy atom.